The maximum Gasteiger partial charge on any atom is 0.264 e. The summed E-state index contributed by atoms with van der Waals surface area (Å²) in [4.78, 5) is 33.2. The van der Waals surface area contributed by atoms with Crippen LogP contribution in [0.2, 0.25) is 18.6 Å². The Balaban J connectivity index is 1.18. The summed E-state index contributed by atoms with van der Waals surface area (Å²) in [6.07, 6.45) is 4.01. The lowest BCUT2D eigenvalue weighted by Gasteiger charge is -2.37. The summed E-state index contributed by atoms with van der Waals surface area (Å²) in [6, 6.07) is 29.4. The summed E-state index contributed by atoms with van der Waals surface area (Å²) in [5.41, 5.74) is 4.23. The van der Waals surface area contributed by atoms with E-state index in [-0.39, 0.29) is 48.5 Å². The SMILES string of the molecule is CCOc1ccc2c(c1)CC(NCCCCO)C(=O)N2c1ccc2c(c1)[C@@]1(O[C@H](CCn3cc(C(CO)c4ccccc4)nn3)[C@@H]([Si](C)(C)c3ccc(OC)cc3)[C@@H]1C)C(=O)N2C. The van der Waals surface area contributed by atoms with E-state index in [1.54, 1.807) is 16.9 Å². The molecule has 3 N–H and O–H groups in total. The minimum Gasteiger partial charge on any atom is -0.497 e. The van der Waals surface area contributed by atoms with Crippen LogP contribution in [0.3, 0.4) is 0 Å². The zero-order valence-electron chi connectivity index (χ0n) is 37.2. The lowest BCUT2D eigenvalue weighted by atomic mass is 9.82. The Morgan fingerprint density at radius 3 is 2.43 bits per heavy atom. The van der Waals surface area contributed by atoms with Crippen molar-refractivity contribution >= 4 is 42.1 Å². The van der Waals surface area contributed by atoms with Crippen molar-refractivity contribution in [3.05, 3.63) is 120 Å². The van der Waals surface area contributed by atoms with E-state index in [1.165, 1.54) is 5.19 Å². The number of hydrogen-bond acceptors (Lipinski definition) is 10. The van der Waals surface area contributed by atoms with Gasteiger partial charge in [-0.1, -0.05) is 72.9 Å². The van der Waals surface area contributed by atoms with Gasteiger partial charge in [-0.05, 0) is 104 Å². The fraction of sp³-hybridized carbons (Fsp3) is 0.429. The Morgan fingerprint density at radius 2 is 1.71 bits per heavy atom. The average molecular weight is 873 g/mol. The molecule has 3 aliphatic heterocycles. The summed E-state index contributed by atoms with van der Waals surface area (Å²) in [6.45, 7) is 10.4. The van der Waals surface area contributed by atoms with E-state index in [1.807, 2.05) is 104 Å². The molecule has 0 bridgehead atoms. The number of methoxy groups -OCH3 is 1. The van der Waals surface area contributed by atoms with Crippen molar-refractivity contribution in [3.8, 4) is 11.5 Å². The van der Waals surface area contributed by atoms with Gasteiger partial charge in [-0.25, -0.2) is 0 Å². The number of aliphatic hydroxyl groups excluding tert-OH is 2. The predicted octanol–water partition coefficient (Wildman–Crippen LogP) is 6.04. The summed E-state index contributed by atoms with van der Waals surface area (Å²) in [5, 5.41) is 33.5. The number of carbonyl (C=O) groups excluding carboxylic acids is 2. The van der Waals surface area contributed by atoms with Crippen molar-refractivity contribution in [2.45, 2.75) is 88.4 Å². The van der Waals surface area contributed by atoms with Crippen molar-refractivity contribution in [3.63, 3.8) is 0 Å². The number of nitrogens with one attached hydrogen (secondary N) is 1. The zero-order chi connectivity index (χ0) is 44.5. The molecule has 1 fully saturated rings. The molecule has 332 valence electrons. The topological polar surface area (TPSA) is 152 Å². The Hall–Kier alpha value is -5.38. The second kappa shape index (κ2) is 18.4. The lowest BCUT2D eigenvalue weighted by Crippen LogP contribution is -2.51. The summed E-state index contributed by atoms with van der Waals surface area (Å²) < 4.78 is 20.7. The van der Waals surface area contributed by atoms with Crippen LogP contribution in [0.4, 0.5) is 17.1 Å². The molecule has 4 aromatic carbocycles. The molecule has 6 atom stereocenters. The summed E-state index contributed by atoms with van der Waals surface area (Å²) >= 11 is 0. The number of hydrogen-bond donors (Lipinski definition) is 3. The van der Waals surface area contributed by atoms with Crippen LogP contribution in [-0.4, -0.2) is 97.8 Å². The molecule has 5 aromatic rings. The minimum absolute atomic E-state index is 0.0165. The molecular weight excluding hydrogens is 813 g/mol. The van der Waals surface area contributed by atoms with Gasteiger partial charge in [-0.15, -0.1) is 5.10 Å². The van der Waals surface area contributed by atoms with Gasteiger partial charge in [-0.3, -0.25) is 19.2 Å². The van der Waals surface area contributed by atoms with Gasteiger partial charge in [0.2, 0.25) is 5.91 Å². The second-order valence-electron chi connectivity index (χ2n) is 17.6. The van der Waals surface area contributed by atoms with Crippen molar-refractivity contribution in [2.75, 3.05) is 50.3 Å². The maximum absolute atomic E-state index is 15.1. The first-order valence-electron chi connectivity index (χ1n) is 22.2. The minimum atomic E-state index is -2.45. The zero-order valence-corrected chi connectivity index (χ0v) is 38.2. The molecule has 4 heterocycles. The fourth-order valence-electron chi connectivity index (χ4n) is 10.4. The highest BCUT2D eigenvalue weighted by Crippen LogP contribution is 2.60. The normalized spacial score (nSPS) is 22.4. The van der Waals surface area contributed by atoms with Crippen LogP contribution in [0.1, 0.15) is 61.4 Å². The van der Waals surface area contributed by atoms with E-state index in [0.717, 1.165) is 46.0 Å². The number of benzene rings is 4. The molecule has 8 rings (SSSR count). The molecule has 0 saturated carbocycles. The third-order valence-corrected chi connectivity index (χ3v) is 18.0. The first kappa shape index (κ1) is 44.2. The van der Waals surface area contributed by atoms with Crippen LogP contribution < -0.4 is 29.8 Å². The number of likely N-dealkylation sites (N-methyl/N-ethyl adjacent to an activating group) is 1. The quantitative estimate of drug-likeness (QED) is 0.0745. The molecule has 13 nitrogen and oxygen atoms in total. The highest BCUT2D eigenvalue weighted by Gasteiger charge is 2.66. The number of ether oxygens (including phenoxy) is 3. The molecule has 63 heavy (non-hydrogen) atoms. The Morgan fingerprint density at radius 1 is 0.968 bits per heavy atom. The number of fused-ring (bicyclic) bond motifs is 3. The van der Waals surface area contributed by atoms with Gasteiger partial charge in [0.1, 0.15) is 11.5 Å². The number of aliphatic hydroxyl groups is 2. The molecule has 1 spiro atoms. The Labute approximate surface area is 371 Å². The monoisotopic (exact) mass is 872 g/mol. The van der Waals surface area contributed by atoms with Crippen LogP contribution in [0.25, 0.3) is 0 Å². The van der Waals surface area contributed by atoms with E-state index in [0.29, 0.717) is 50.3 Å². The first-order valence-corrected chi connectivity index (χ1v) is 25.3. The number of aromatic nitrogens is 3. The van der Waals surface area contributed by atoms with E-state index < -0.39 is 19.7 Å². The summed E-state index contributed by atoms with van der Waals surface area (Å²) in [5.74, 6) is 0.756. The molecule has 1 aromatic heterocycles. The van der Waals surface area contributed by atoms with Crippen LogP contribution in [0, 0.1) is 5.92 Å². The van der Waals surface area contributed by atoms with E-state index in [9.17, 15) is 15.0 Å². The van der Waals surface area contributed by atoms with Gasteiger partial charge in [-0.2, -0.15) is 0 Å². The predicted molar refractivity (Wildman–Crippen MR) is 246 cm³/mol. The Bertz CT molecular complexity index is 2410. The smallest absolute Gasteiger partial charge is 0.264 e. The molecular formula is C49H60N6O7Si. The number of amides is 2. The number of rotatable bonds is 17. The van der Waals surface area contributed by atoms with Crippen LogP contribution in [0.15, 0.2) is 97.2 Å². The maximum atomic E-state index is 15.1. The van der Waals surface area contributed by atoms with E-state index >= 15 is 4.79 Å². The van der Waals surface area contributed by atoms with Crippen molar-refractivity contribution in [1.82, 2.24) is 20.3 Å². The van der Waals surface area contributed by atoms with Gasteiger partial charge in [0, 0.05) is 43.6 Å². The highest BCUT2D eigenvalue weighted by atomic mass is 28.3. The van der Waals surface area contributed by atoms with E-state index in [4.69, 9.17) is 14.2 Å². The molecule has 2 amide bonds. The van der Waals surface area contributed by atoms with Gasteiger partial charge in [0.25, 0.3) is 5.91 Å². The number of anilines is 3. The molecule has 2 unspecified atom stereocenters. The third-order valence-electron chi connectivity index (χ3n) is 13.7. The van der Waals surface area contributed by atoms with Gasteiger partial charge >= 0.3 is 0 Å². The molecule has 0 aliphatic carbocycles. The lowest BCUT2D eigenvalue weighted by molar-refractivity contribution is -0.145. The van der Waals surface area contributed by atoms with Crippen molar-refractivity contribution < 1.29 is 34.0 Å². The standard InChI is InChI=1S/C49H60N6O7Si/c1-7-61-37-18-22-43-34(27-37)28-41(50-24-11-12-26-56)47(58)55(43)35-15-21-44-40(29-35)49(48(59)53(44)3)32(2)46(63(5,6)38-19-16-36(60-4)17-20-38)45(62-49)23-25-54-30-42(51-52-54)39(31-57)33-13-9-8-10-14-33/h8-10,13-22,27,29-30,32,39,41,45-46,50,56-57H,7,11-12,23-26,28,31H2,1-6H3/t32-,39?,41?,45+,46-,49+/m0/s1. The highest BCUT2D eigenvalue weighted by molar-refractivity contribution is 6.91. The Kier molecular flexibility index (Phi) is 12.9. The largest absolute Gasteiger partial charge is 0.497 e. The van der Waals surface area contributed by atoms with E-state index in [2.05, 4.69) is 47.8 Å². The molecule has 3 aliphatic rings. The number of aryl methyl sites for hydroxylation is 1. The second-order valence-corrected chi connectivity index (χ2v) is 22.3. The van der Waals surface area contributed by atoms with Gasteiger partial charge in [0.05, 0.1) is 63.5 Å². The number of carbonyl (C=O) groups is 2. The van der Waals surface area contributed by atoms with Gasteiger partial charge < -0.3 is 34.6 Å². The average Bonchev–Trinajstić information content (AvgIpc) is 3.95. The molecule has 14 heteroatoms. The first-order chi connectivity index (χ1) is 30.5. The van der Waals surface area contributed by atoms with Crippen LogP contribution in [-0.2, 0) is 32.9 Å². The number of unbranched alkanes of at least 4 members (excludes halogenated alkanes) is 1. The molecule has 0 radical (unpaired) electrons. The van der Waals surface area contributed by atoms with Crippen LogP contribution >= 0.6 is 0 Å². The third kappa shape index (κ3) is 8.08. The van der Waals surface area contributed by atoms with Crippen LogP contribution in [0.5, 0.6) is 11.5 Å². The molecule has 1 saturated heterocycles. The van der Waals surface area contributed by atoms with Crippen molar-refractivity contribution in [1.29, 1.82) is 0 Å². The van der Waals surface area contributed by atoms with Crippen molar-refractivity contribution in [2.24, 2.45) is 5.92 Å². The van der Waals surface area contributed by atoms with Gasteiger partial charge in [0.15, 0.2) is 5.60 Å². The fourth-order valence-corrected chi connectivity index (χ4v) is 14.5. The summed E-state index contributed by atoms with van der Waals surface area (Å²) in [7, 11) is 1.03. The number of nitrogens with zero attached hydrogens (tertiary/aromatic N) is 5.